The zero-order valence-corrected chi connectivity index (χ0v) is 14.8. The van der Waals surface area contributed by atoms with E-state index >= 15 is 0 Å². The number of carbonyl (C=O) groups is 1. The van der Waals surface area contributed by atoms with E-state index in [9.17, 15) is 4.79 Å². The molecule has 0 aliphatic rings. The SMILES string of the molecule is COc1ccc(OCCNC(=O)CCc2c(C)nn(C)c2C)cc1. The number of hydrogen-bond acceptors (Lipinski definition) is 4. The summed E-state index contributed by atoms with van der Waals surface area (Å²) < 4.78 is 12.5. The van der Waals surface area contributed by atoms with Crippen molar-refractivity contribution in [2.45, 2.75) is 26.7 Å². The van der Waals surface area contributed by atoms with Crippen LogP contribution >= 0.6 is 0 Å². The first-order chi connectivity index (χ1) is 11.5. The van der Waals surface area contributed by atoms with E-state index in [1.807, 2.05) is 49.8 Å². The van der Waals surface area contributed by atoms with Crippen molar-refractivity contribution in [1.29, 1.82) is 0 Å². The maximum absolute atomic E-state index is 11.9. The van der Waals surface area contributed by atoms with E-state index < -0.39 is 0 Å². The maximum Gasteiger partial charge on any atom is 0.220 e. The van der Waals surface area contributed by atoms with Gasteiger partial charge in [0.05, 0.1) is 19.3 Å². The van der Waals surface area contributed by atoms with E-state index in [1.54, 1.807) is 7.11 Å². The Balaban J connectivity index is 1.67. The predicted molar refractivity (Wildman–Crippen MR) is 92.5 cm³/mol. The molecule has 0 fully saturated rings. The quantitative estimate of drug-likeness (QED) is 0.753. The monoisotopic (exact) mass is 331 g/mol. The molecule has 1 amide bonds. The van der Waals surface area contributed by atoms with Crippen LogP contribution in [-0.2, 0) is 18.3 Å². The number of hydrogen-bond donors (Lipinski definition) is 1. The molecule has 0 radical (unpaired) electrons. The average molecular weight is 331 g/mol. The third-order valence-corrected chi connectivity index (χ3v) is 4.01. The third-order valence-electron chi connectivity index (χ3n) is 4.01. The Hall–Kier alpha value is -2.50. The van der Waals surface area contributed by atoms with Gasteiger partial charge in [0.25, 0.3) is 0 Å². The second-order valence-corrected chi connectivity index (χ2v) is 5.65. The summed E-state index contributed by atoms with van der Waals surface area (Å²) in [6.45, 7) is 4.91. The number of aryl methyl sites for hydroxylation is 2. The molecule has 0 bridgehead atoms. The van der Waals surface area contributed by atoms with Crippen molar-refractivity contribution < 1.29 is 14.3 Å². The van der Waals surface area contributed by atoms with Gasteiger partial charge in [0.15, 0.2) is 0 Å². The molecule has 0 aliphatic carbocycles. The van der Waals surface area contributed by atoms with Crippen molar-refractivity contribution >= 4 is 5.91 Å². The minimum atomic E-state index is 0.0241. The topological polar surface area (TPSA) is 65.4 Å². The number of aromatic nitrogens is 2. The number of benzene rings is 1. The average Bonchev–Trinajstić information content (AvgIpc) is 2.82. The molecule has 0 unspecified atom stereocenters. The summed E-state index contributed by atoms with van der Waals surface area (Å²) in [5, 5.41) is 7.24. The first-order valence-electron chi connectivity index (χ1n) is 8.04. The van der Waals surface area contributed by atoms with Crippen LogP contribution in [0, 0.1) is 13.8 Å². The Morgan fingerprint density at radius 2 is 1.88 bits per heavy atom. The predicted octanol–water partition coefficient (Wildman–Crippen LogP) is 2.17. The number of nitrogens with one attached hydrogen (secondary N) is 1. The lowest BCUT2D eigenvalue weighted by molar-refractivity contribution is -0.121. The molecule has 1 N–H and O–H groups in total. The summed E-state index contributed by atoms with van der Waals surface area (Å²) in [5.41, 5.74) is 3.26. The van der Waals surface area contributed by atoms with Gasteiger partial charge in [-0.2, -0.15) is 5.10 Å². The van der Waals surface area contributed by atoms with Gasteiger partial charge in [-0.05, 0) is 50.1 Å². The largest absolute Gasteiger partial charge is 0.497 e. The van der Waals surface area contributed by atoms with Crippen LogP contribution in [-0.4, -0.2) is 35.9 Å². The Morgan fingerprint density at radius 3 is 2.46 bits per heavy atom. The third kappa shape index (κ3) is 4.75. The van der Waals surface area contributed by atoms with Gasteiger partial charge in [-0.15, -0.1) is 0 Å². The standard InChI is InChI=1S/C18H25N3O3/c1-13-17(14(2)21(3)20-13)9-10-18(22)19-11-12-24-16-7-5-15(23-4)6-8-16/h5-8H,9-12H2,1-4H3,(H,19,22). The van der Waals surface area contributed by atoms with Crippen LogP contribution in [0.5, 0.6) is 11.5 Å². The van der Waals surface area contributed by atoms with Crippen LogP contribution < -0.4 is 14.8 Å². The van der Waals surface area contributed by atoms with Gasteiger partial charge in [0.1, 0.15) is 18.1 Å². The zero-order chi connectivity index (χ0) is 17.5. The summed E-state index contributed by atoms with van der Waals surface area (Å²) in [5.74, 6) is 1.57. The Kier molecular flexibility index (Phi) is 6.23. The first-order valence-corrected chi connectivity index (χ1v) is 8.04. The summed E-state index contributed by atoms with van der Waals surface area (Å²) in [6.07, 6.45) is 1.16. The number of ether oxygens (including phenoxy) is 2. The number of rotatable bonds is 8. The first kappa shape index (κ1) is 17.8. The van der Waals surface area contributed by atoms with Crippen LogP contribution in [0.2, 0.25) is 0 Å². The lowest BCUT2D eigenvalue weighted by Crippen LogP contribution is -2.28. The van der Waals surface area contributed by atoms with Gasteiger partial charge in [-0.25, -0.2) is 0 Å². The Morgan fingerprint density at radius 1 is 1.21 bits per heavy atom. The molecule has 2 rings (SSSR count). The van der Waals surface area contributed by atoms with Crippen molar-refractivity contribution in [2.24, 2.45) is 7.05 Å². The number of nitrogens with zero attached hydrogens (tertiary/aromatic N) is 2. The smallest absolute Gasteiger partial charge is 0.220 e. The Bertz CT molecular complexity index is 678. The minimum Gasteiger partial charge on any atom is -0.497 e. The zero-order valence-electron chi connectivity index (χ0n) is 14.8. The van der Waals surface area contributed by atoms with Crippen LogP contribution in [0.1, 0.15) is 23.4 Å². The normalized spacial score (nSPS) is 10.5. The highest BCUT2D eigenvalue weighted by atomic mass is 16.5. The van der Waals surface area contributed by atoms with Crippen molar-refractivity contribution in [1.82, 2.24) is 15.1 Å². The number of carbonyl (C=O) groups excluding carboxylic acids is 1. The molecule has 24 heavy (non-hydrogen) atoms. The van der Waals surface area contributed by atoms with Crippen molar-refractivity contribution in [2.75, 3.05) is 20.3 Å². The molecule has 0 saturated carbocycles. The van der Waals surface area contributed by atoms with Crippen LogP contribution in [0.4, 0.5) is 0 Å². The molecular weight excluding hydrogens is 306 g/mol. The molecule has 0 aliphatic heterocycles. The fraction of sp³-hybridized carbons (Fsp3) is 0.444. The Labute approximate surface area is 142 Å². The molecule has 1 heterocycles. The summed E-state index contributed by atoms with van der Waals surface area (Å²) in [6, 6.07) is 7.36. The summed E-state index contributed by atoms with van der Waals surface area (Å²) >= 11 is 0. The van der Waals surface area contributed by atoms with E-state index in [1.165, 1.54) is 0 Å². The molecule has 2 aromatic rings. The highest BCUT2D eigenvalue weighted by Crippen LogP contribution is 2.16. The van der Waals surface area contributed by atoms with Gasteiger partial charge in [0.2, 0.25) is 5.91 Å². The van der Waals surface area contributed by atoms with Crippen molar-refractivity contribution in [3.8, 4) is 11.5 Å². The van der Waals surface area contributed by atoms with Crippen LogP contribution in [0.15, 0.2) is 24.3 Å². The maximum atomic E-state index is 11.9. The van der Waals surface area contributed by atoms with E-state index in [0.29, 0.717) is 26.0 Å². The molecule has 0 saturated heterocycles. The minimum absolute atomic E-state index is 0.0241. The fourth-order valence-electron chi connectivity index (χ4n) is 2.54. The molecule has 1 aromatic heterocycles. The van der Waals surface area contributed by atoms with Gasteiger partial charge in [-0.3, -0.25) is 9.48 Å². The molecular formula is C18H25N3O3. The number of amides is 1. The van der Waals surface area contributed by atoms with Gasteiger partial charge in [0, 0.05) is 19.2 Å². The highest BCUT2D eigenvalue weighted by Gasteiger charge is 2.11. The van der Waals surface area contributed by atoms with Crippen molar-refractivity contribution in [3.63, 3.8) is 0 Å². The molecule has 6 nitrogen and oxygen atoms in total. The molecule has 0 spiro atoms. The van der Waals surface area contributed by atoms with Crippen molar-refractivity contribution in [3.05, 3.63) is 41.2 Å². The van der Waals surface area contributed by atoms with E-state index in [2.05, 4.69) is 10.4 Å². The number of methoxy groups -OCH3 is 1. The van der Waals surface area contributed by atoms with E-state index in [0.717, 1.165) is 28.5 Å². The van der Waals surface area contributed by atoms with Gasteiger partial charge >= 0.3 is 0 Å². The van der Waals surface area contributed by atoms with Crippen LogP contribution in [0.3, 0.4) is 0 Å². The van der Waals surface area contributed by atoms with Crippen LogP contribution in [0.25, 0.3) is 0 Å². The highest BCUT2D eigenvalue weighted by molar-refractivity contribution is 5.76. The summed E-state index contributed by atoms with van der Waals surface area (Å²) in [4.78, 5) is 11.9. The van der Waals surface area contributed by atoms with Gasteiger partial charge in [-0.1, -0.05) is 0 Å². The second kappa shape index (κ2) is 8.38. The van der Waals surface area contributed by atoms with Gasteiger partial charge < -0.3 is 14.8 Å². The van der Waals surface area contributed by atoms with E-state index in [4.69, 9.17) is 9.47 Å². The lowest BCUT2D eigenvalue weighted by atomic mass is 10.1. The molecule has 0 atom stereocenters. The van der Waals surface area contributed by atoms with E-state index in [-0.39, 0.29) is 5.91 Å². The lowest BCUT2D eigenvalue weighted by Gasteiger charge is -2.08. The summed E-state index contributed by atoms with van der Waals surface area (Å²) in [7, 11) is 3.54. The second-order valence-electron chi connectivity index (χ2n) is 5.65. The molecule has 6 heteroatoms. The fourth-order valence-corrected chi connectivity index (χ4v) is 2.54. The molecule has 130 valence electrons. The molecule has 1 aromatic carbocycles.